The number of hydrogen-bond donors (Lipinski definition) is 1. The maximum absolute atomic E-state index is 5.58. The average molecular weight is 291 g/mol. The van der Waals surface area contributed by atoms with Gasteiger partial charge in [-0.25, -0.2) is 4.98 Å². The predicted molar refractivity (Wildman–Crippen MR) is 79.2 cm³/mol. The number of rotatable bonds is 6. The lowest BCUT2D eigenvalue weighted by molar-refractivity contribution is 0.177. The number of methoxy groups -OCH3 is 1. The molecule has 0 aliphatic rings. The van der Waals surface area contributed by atoms with Crippen LogP contribution in [0.15, 0.2) is 24.5 Å². The summed E-state index contributed by atoms with van der Waals surface area (Å²) in [6.07, 6.45) is 4.42. The van der Waals surface area contributed by atoms with Crippen LogP contribution in [0.2, 0.25) is 0 Å². The molecule has 0 spiro atoms. The Balaban J connectivity index is 2.33. The summed E-state index contributed by atoms with van der Waals surface area (Å²) in [7, 11) is 1.62. The number of ether oxygens (including phenoxy) is 2. The zero-order valence-corrected chi connectivity index (χ0v) is 12.4. The van der Waals surface area contributed by atoms with Gasteiger partial charge in [-0.05, 0) is 18.6 Å². The van der Waals surface area contributed by atoms with Crippen LogP contribution >= 0.6 is 12.2 Å². The first-order valence-electron chi connectivity index (χ1n) is 6.40. The smallest absolute Gasteiger partial charge is 0.138 e. The molecule has 20 heavy (non-hydrogen) atoms. The molecule has 0 radical (unpaired) electrons. The molecule has 0 aliphatic heterocycles. The van der Waals surface area contributed by atoms with Crippen molar-refractivity contribution in [2.75, 3.05) is 13.7 Å². The molecular weight excluding hydrogens is 274 g/mol. The molecule has 2 aromatic rings. The molecule has 0 unspecified atom stereocenters. The second kappa shape index (κ2) is 7.12. The van der Waals surface area contributed by atoms with Crippen LogP contribution in [0, 0.1) is 4.64 Å². The molecule has 0 fully saturated rings. The van der Waals surface area contributed by atoms with E-state index in [-0.39, 0.29) is 0 Å². The van der Waals surface area contributed by atoms with Gasteiger partial charge in [-0.15, -0.1) is 0 Å². The first-order valence-corrected chi connectivity index (χ1v) is 6.81. The van der Waals surface area contributed by atoms with E-state index in [0.717, 1.165) is 23.4 Å². The van der Waals surface area contributed by atoms with Gasteiger partial charge in [-0.1, -0.05) is 19.1 Å². The maximum Gasteiger partial charge on any atom is 0.138 e. The Hall–Kier alpha value is -1.79. The molecule has 0 saturated heterocycles. The van der Waals surface area contributed by atoms with Crippen LogP contribution in [-0.2, 0) is 11.3 Å². The van der Waals surface area contributed by atoms with Crippen molar-refractivity contribution in [3.05, 3.63) is 35.0 Å². The molecule has 6 heteroatoms. The van der Waals surface area contributed by atoms with E-state index in [2.05, 4.69) is 21.9 Å². The lowest BCUT2D eigenvalue weighted by Crippen LogP contribution is -2.00. The van der Waals surface area contributed by atoms with Gasteiger partial charge >= 0.3 is 0 Å². The first-order chi connectivity index (χ1) is 9.72. The third-order valence-electron chi connectivity index (χ3n) is 2.57. The Kier molecular flexibility index (Phi) is 5.20. The molecule has 0 aliphatic carbocycles. The van der Waals surface area contributed by atoms with E-state index in [0.29, 0.717) is 23.7 Å². The van der Waals surface area contributed by atoms with Gasteiger partial charge in [0.25, 0.3) is 0 Å². The molecule has 106 valence electrons. The quantitative estimate of drug-likeness (QED) is 0.829. The van der Waals surface area contributed by atoms with Crippen LogP contribution < -0.4 is 4.74 Å². The number of H-pyrrole nitrogens is 1. The molecule has 2 rings (SSSR count). The SMILES string of the molecule is CCCOc1cncc(-c2cc(=S)nc(COC)[nH]2)c1. The van der Waals surface area contributed by atoms with Crippen molar-refractivity contribution >= 4 is 12.2 Å². The van der Waals surface area contributed by atoms with Crippen molar-refractivity contribution in [1.82, 2.24) is 15.0 Å². The summed E-state index contributed by atoms with van der Waals surface area (Å²) in [4.78, 5) is 11.6. The van der Waals surface area contributed by atoms with Crippen LogP contribution in [0.4, 0.5) is 0 Å². The van der Waals surface area contributed by atoms with Gasteiger partial charge < -0.3 is 14.5 Å². The number of pyridine rings is 1. The van der Waals surface area contributed by atoms with Crippen molar-refractivity contribution in [3.8, 4) is 17.0 Å². The largest absolute Gasteiger partial charge is 0.492 e. The van der Waals surface area contributed by atoms with Gasteiger partial charge in [0.15, 0.2) is 0 Å². The summed E-state index contributed by atoms with van der Waals surface area (Å²) in [6.45, 7) is 3.12. The van der Waals surface area contributed by atoms with Gasteiger partial charge in [-0.2, -0.15) is 0 Å². The van der Waals surface area contributed by atoms with E-state index in [1.165, 1.54) is 0 Å². The minimum absolute atomic E-state index is 0.386. The van der Waals surface area contributed by atoms with Crippen LogP contribution in [0.3, 0.4) is 0 Å². The number of nitrogens with one attached hydrogen (secondary N) is 1. The van der Waals surface area contributed by atoms with Gasteiger partial charge in [0.1, 0.15) is 22.8 Å². The fourth-order valence-corrected chi connectivity index (χ4v) is 1.96. The van der Waals surface area contributed by atoms with E-state index in [4.69, 9.17) is 21.7 Å². The second-order valence-corrected chi connectivity index (χ2v) is 4.69. The van der Waals surface area contributed by atoms with Crippen molar-refractivity contribution in [2.45, 2.75) is 20.0 Å². The highest BCUT2D eigenvalue weighted by atomic mass is 32.1. The predicted octanol–water partition coefficient (Wildman–Crippen LogP) is 3.14. The molecule has 5 nitrogen and oxygen atoms in total. The zero-order chi connectivity index (χ0) is 14.4. The first kappa shape index (κ1) is 14.6. The van der Waals surface area contributed by atoms with E-state index in [1.807, 2.05) is 6.07 Å². The third kappa shape index (κ3) is 3.85. The topological polar surface area (TPSA) is 60.0 Å². The Bertz CT molecular complexity index is 628. The monoisotopic (exact) mass is 291 g/mol. The zero-order valence-electron chi connectivity index (χ0n) is 11.5. The molecule has 0 bridgehead atoms. The molecule has 0 amide bonds. The standard InChI is InChI=1S/C14H17N3O2S/c1-3-4-19-11-5-10(7-15-8-11)12-6-14(20)17-13(16-12)9-18-2/h5-8H,3-4,9H2,1-2H3,(H,16,17,20). The Morgan fingerprint density at radius 2 is 2.15 bits per heavy atom. The minimum Gasteiger partial charge on any atom is -0.492 e. The summed E-state index contributed by atoms with van der Waals surface area (Å²) >= 11 is 5.17. The van der Waals surface area contributed by atoms with Gasteiger partial charge in [0, 0.05) is 18.9 Å². The molecule has 0 aromatic carbocycles. The van der Waals surface area contributed by atoms with E-state index >= 15 is 0 Å². The van der Waals surface area contributed by atoms with Crippen molar-refractivity contribution in [3.63, 3.8) is 0 Å². The molecule has 1 N–H and O–H groups in total. The number of aromatic amines is 1. The Morgan fingerprint density at radius 3 is 2.90 bits per heavy atom. The van der Waals surface area contributed by atoms with Crippen molar-refractivity contribution < 1.29 is 9.47 Å². The molecule has 2 aromatic heterocycles. The molecule has 2 heterocycles. The average Bonchev–Trinajstić information content (AvgIpc) is 2.45. The van der Waals surface area contributed by atoms with Crippen molar-refractivity contribution in [2.24, 2.45) is 0 Å². The number of hydrogen-bond acceptors (Lipinski definition) is 5. The normalized spacial score (nSPS) is 10.5. The number of nitrogens with zero attached hydrogens (tertiary/aromatic N) is 2. The Labute approximate surface area is 123 Å². The highest BCUT2D eigenvalue weighted by molar-refractivity contribution is 7.71. The summed E-state index contributed by atoms with van der Waals surface area (Å²) in [6, 6.07) is 3.73. The van der Waals surface area contributed by atoms with Gasteiger partial charge in [0.2, 0.25) is 0 Å². The highest BCUT2D eigenvalue weighted by Gasteiger charge is 2.04. The fourth-order valence-electron chi connectivity index (χ4n) is 1.73. The lowest BCUT2D eigenvalue weighted by atomic mass is 10.2. The minimum atomic E-state index is 0.386. The molecule has 0 saturated carbocycles. The highest BCUT2D eigenvalue weighted by Crippen LogP contribution is 2.21. The van der Waals surface area contributed by atoms with E-state index in [9.17, 15) is 0 Å². The van der Waals surface area contributed by atoms with Crippen LogP contribution in [0.5, 0.6) is 5.75 Å². The maximum atomic E-state index is 5.58. The molecule has 0 atom stereocenters. The summed E-state index contributed by atoms with van der Waals surface area (Å²) < 4.78 is 11.2. The van der Waals surface area contributed by atoms with Crippen molar-refractivity contribution in [1.29, 1.82) is 0 Å². The summed E-state index contributed by atoms with van der Waals surface area (Å²) in [5.74, 6) is 1.43. The fraction of sp³-hybridized carbons (Fsp3) is 0.357. The van der Waals surface area contributed by atoms with Gasteiger partial charge in [0.05, 0.1) is 18.5 Å². The van der Waals surface area contributed by atoms with Crippen LogP contribution in [0.1, 0.15) is 19.2 Å². The summed E-state index contributed by atoms with van der Waals surface area (Å²) in [5, 5.41) is 0. The molecular formula is C14H17N3O2S. The third-order valence-corrected chi connectivity index (χ3v) is 2.78. The van der Waals surface area contributed by atoms with Crippen LogP contribution in [0.25, 0.3) is 11.3 Å². The van der Waals surface area contributed by atoms with Crippen LogP contribution in [-0.4, -0.2) is 28.7 Å². The van der Waals surface area contributed by atoms with E-state index < -0.39 is 0 Å². The Morgan fingerprint density at radius 1 is 1.30 bits per heavy atom. The number of aromatic nitrogens is 3. The van der Waals surface area contributed by atoms with Gasteiger partial charge in [-0.3, -0.25) is 4.98 Å². The lowest BCUT2D eigenvalue weighted by Gasteiger charge is -2.08. The van der Waals surface area contributed by atoms with E-state index in [1.54, 1.807) is 25.6 Å². The second-order valence-electron chi connectivity index (χ2n) is 4.27. The summed E-state index contributed by atoms with van der Waals surface area (Å²) in [5.41, 5.74) is 1.76.